The van der Waals surface area contributed by atoms with Gasteiger partial charge in [0, 0.05) is 25.3 Å². The smallest absolute Gasteiger partial charge is 0.337 e. The van der Waals surface area contributed by atoms with E-state index in [2.05, 4.69) is 59.9 Å². The van der Waals surface area contributed by atoms with Gasteiger partial charge in [0.15, 0.2) is 0 Å². The van der Waals surface area contributed by atoms with Gasteiger partial charge in [-0.05, 0) is 81.6 Å². The van der Waals surface area contributed by atoms with Gasteiger partial charge in [-0.2, -0.15) is 4.98 Å². The minimum absolute atomic E-state index is 0.134. The first-order chi connectivity index (χ1) is 15.4. The maximum atomic E-state index is 13.1. The summed E-state index contributed by atoms with van der Waals surface area (Å²) in [6.45, 7) is 12.9. The third-order valence-electron chi connectivity index (χ3n) is 6.46. The van der Waals surface area contributed by atoms with Crippen LogP contribution in [0, 0.1) is 18.8 Å². The number of likely N-dealkylation sites (tertiary alicyclic amines) is 1. The number of H-pyrrole nitrogens is 1. The van der Waals surface area contributed by atoms with Gasteiger partial charge < -0.3 is 14.8 Å². The summed E-state index contributed by atoms with van der Waals surface area (Å²) in [7, 11) is 0. The Morgan fingerprint density at radius 2 is 1.97 bits per heavy atom. The van der Waals surface area contributed by atoms with Crippen molar-refractivity contribution in [2.24, 2.45) is 11.8 Å². The van der Waals surface area contributed by atoms with Crippen LogP contribution in [0.15, 0.2) is 35.1 Å². The fourth-order valence-corrected chi connectivity index (χ4v) is 4.56. The standard InChI is InChI=1S/C26H38N4O2/c1-5-30(25(31)24-17-23(16-19(2)3)27-26(32)28-24)18-21-10-13-29(14-11-21)15-12-22-9-7-6-8-20(22)4/h6-9,17,19,21H,5,10-16,18H2,1-4H3,(H,27,28,32). The van der Waals surface area contributed by atoms with Gasteiger partial charge in [-0.15, -0.1) is 0 Å². The summed E-state index contributed by atoms with van der Waals surface area (Å²) in [5.74, 6) is 0.755. The number of carbonyl (C=O) groups excluding carboxylic acids is 1. The van der Waals surface area contributed by atoms with Gasteiger partial charge in [0.2, 0.25) is 0 Å². The number of rotatable bonds is 9. The number of aromatic nitrogens is 2. The first-order valence-corrected chi connectivity index (χ1v) is 12.0. The average Bonchev–Trinajstić information content (AvgIpc) is 2.76. The van der Waals surface area contributed by atoms with Crippen LogP contribution in [0.1, 0.15) is 60.9 Å². The number of carbonyl (C=O) groups is 1. The zero-order chi connectivity index (χ0) is 23.1. The molecule has 0 unspecified atom stereocenters. The molecule has 1 N–H and O–H groups in total. The molecule has 1 aliphatic rings. The maximum Gasteiger partial charge on any atom is 0.345 e. The highest BCUT2D eigenvalue weighted by Gasteiger charge is 2.24. The number of piperidine rings is 1. The van der Waals surface area contributed by atoms with Crippen LogP contribution in [0.3, 0.4) is 0 Å². The molecule has 0 atom stereocenters. The minimum Gasteiger partial charge on any atom is -0.337 e. The van der Waals surface area contributed by atoms with Crippen LogP contribution in [0.25, 0.3) is 0 Å². The van der Waals surface area contributed by atoms with E-state index in [1.807, 2.05) is 11.8 Å². The molecule has 6 heteroatoms. The Kier molecular flexibility index (Phi) is 8.62. The number of aryl methyl sites for hydroxylation is 1. The molecule has 0 spiro atoms. The molecule has 1 saturated heterocycles. The lowest BCUT2D eigenvalue weighted by Gasteiger charge is -2.34. The van der Waals surface area contributed by atoms with Crippen molar-refractivity contribution in [3.8, 4) is 0 Å². The van der Waals surface area contributed by atoms with Crippen molar-refractivity contribution >= 4 is 5.91 Å². The Morgan fingerprint density at radius 3 is 2.62 bits per heavy atom. The number of hydrogen-bond donors (Lipinski definition) is 1. The molecule has 2 heterocycles. The van der Waals surface area contributed by atoms with Crippen molar-refractivity contribution in [3.63, 3.8) is 0 Å². The summed E-state index contributed by atoms with van der Waals surface area (Å²) in [5, 5.41) is 0. The normalized spacial score (nSPS) is 15.3. The predicted molar refractivity (Wildman–Crippen MR) is 129 cm³/mol. The average molecular weight is 439 g/mol. The van der Waals surface area contributed by atoms with Crippen LogP contribution >= 0.6 is 0 Å². The zero-order valence-corrected chi connectivity index (χ0v) is 20.1. The number of nitrogens with zero attached hydrogens (tertiary/aromatic N) is 3. The third kappa shape index (κ3) is 6.76. The second-order valence-corrected chi connectivity index (χ2v) is 9.50. The highest BCUT2D eigenvalue weighted by atomic mass is 16.2. The summed E-state index contributed by atoms with van der Waals surface area (Å²) in [4.78, 5) is 36.2. The quantitative estimate of drug-likeness (QED) is 0.648. The minimum atomic E-state index is -0.440. The number of nitrogens with one attached hydrogen (secondary N) is 1. The Morgan fingerprint density at radius 1 is 1.25 bits per heavy atom. The first kappa shape index (κ1) is 24.2. The van der Waals surface area contributed by atoms with E-state index in [1.165, 1.54) is 11.1 Å². The van der Waals surface area contributed by atoms with Crippen molar-refractivity contribution in [2.75, 3.05) is 32.7 Å². The van der Waals surface area contributed by atoms with Crippen molar-refractivity contribution in [1.29, 1.82) is 0 Å². The van der Waals surface area contributed by atoms with E-state index in [0.29, 0.717) is 18.4 Å². The molecule has 1 aromatic heterocycles. The number of hydrogen-bond acceptors (Lipinski definition) is 4. The highest BCUT2D eigenvalue weighted by Crippen LogP contribution is 2.20. The fraction of sp³-hybridized carbons (Fsp3) is 0.577. The van der Waals surface area contributed by atoms with Crippen molar-refractivity contribution < 1.29 is 4.79 Å². The monoisotopic (exact) mass is 438 g/mol. The van der Waals surface area contributed by atoms with Crippen LogP contribution < -0.4 is 5.69 Å². The molecule has 3 rings (SSSR count). The molecule has 32 heavy (non-hydrogen) atoms. The lowest BCUT2D eigenvalue weighted by molar-refractivity contribution is 0.0695. The summed E-state index contributed by atoms with van der Waals surface area (Å²) in [6, 6.07) is 10.4. The fourth-order valence-electron chi connectivity index (χ4n) is 4.56. The SMILES string of the molecule is CCN(CC1CCN(CCc2ccccc2C)CC1)C(=O)c1cc(CC(C)C)[nH]c(=O)n1. The number of aromatic amines is 1. The molecule has 1 aromatic carbocycles. The Hall–Kier alpha value is -2.47. The van der Waals surface area contributed by atoms with Crippen LogP contribution in [0.4, 0.5) is 0 Å². The molecular formula is C26H38N4O2. The van der Waals surface area contributed by atoms with E-state index in [-0.39, 0.29) is 11.6 Å². The molecule has 6 nitrogen and oxygen atoms in total. The van der Waals surface area contributed by atoms with Gasteiger partial charge in [0.25, 0.3) is 5.91 Å². The topological polar surface area (TPSA) is 69.3 Å². The summed E-state index contributed by atoms with van der Waals surface area (Å²) >= 11 is 0. The molecule has 1 fully saturated rings. The van der Waals surface area contributed by atoms with E-state index in [1.54, 1.807) is 6.07 Å². The first-order valence-electron chi connectivity index (χ1n) is 12.0. The zero-order valence-electron chi connectivity index (χ0n) is 20.1. The second-order valence-electron chi connectivity index (χ2n) is 9.50. The van der Waals surface area contributed by atoms with Gasteiger partial charge in [-0.3, -0.25) is 4.79 Å². The largest absolute Gasteiger partial charge is 0.345 e. The number of amides is 1. The van der Waals surface area contributed by atoms with E-state index in [9.17, 15) is 9.59 Å². The van der Waals surface area contributed by atoms with Crippen LogP contribution in [0.2, 0.25) is 0 Å². The van der Waals surface area contributed by atoms with Crippen molar-refractivity contribution in [1.82, 2.24) is 19.8 Å². The van der Waals surface area contributed by atoms with Gasteiger partial charge in [0.05, 0.1) is 0 Å². The molecule has 0 radical (unpaired) electrons. The van der Waals surface area contributed by atoms with Crippen molar-refractivity contribution in [3.05, 3.63) is 63.3 Å². The van der Waals surface area contributed by atoms with Crippen molar-refractivity contribution in [2.45, 2.75) is 53.4 Å². The second kappa shape index (κ2) is 11.4. The predicted octanol–water partition coefficient (Wildman–Crippen LogP) is 3.69. The molecule has 1 aliphatic heterocycles. The lowest BCUT2D eigenvalue weighted by Crippen LogP contribution is -2.42. The molecule has 0 aliphatic carbocycles. The number of benzene rings is 1. The van der Waals surface area contributed by atoms with Crippen LogP contribution in [-0.2, 0) is 12.8 Å². The van der Waals surface area contributed by atoms with Crippen LogP contribution in [0.5, 0.6) is 0 Å². The summed E-state index contributed by atoms with van der Waals surface area (Å²) in [5.41, 5.74) is 3.40. The lowest BCUT2D eigenvalue weighted by atomic mass is 9.95. The van der Waals surface area contributed by atoms with Gasteiger partial charge in [0.1, 0.15) is 5.69 Å². The van der Waals surface area contributed by atoms with Gasteiger partial charge in [-0.25, -0.2) is 4.79 Å². The molecule has 0 bridgehead atoms. The third-order valence-corrected chi connectivity index (χ3v) is 6.46. The molecule has 1 amide bonds. The molecular weight excluding hydrogens is 400 g/mol. The Balaban J connectivity index is 1.53. The van der Waals surface area contributed by atoms with E-state index >= 15 is 0 Å². The summed E-state index contributed by atoms with van der Waals surface area (Å²) < 4.78 is 0. The maximum absolute atomic E-state index is 13.1. The van der Waals surface area contributed by atoms with E-state index in [0.717, 1.165) is 57.6 Å². The molecule has 174 valence electrons. The molecule has 2 aromatic rings. The molecule has 0 saturated carbocycles. The Labute approximate surface area is 192 Å². The highest BCUT2D eigenvalue weighted by molar-refractivity contribution is 5.92. The summed E-state index contributed by atoms with van der Waals surface area (Å²) in [6.07, 6.45) is 4.01. The van der Waals surface area contributed by atoms with E-state index < -0.39 is 5.69 Å². The van der Waals surface area contributed by atoms with Crippen LogP contribution in [-0.4, -0.2) is 58.4 Å². The van der Waals surface area contributed by atoms with Gasteiger partial charge in [-0.1, -0.05) is 38.1 Å². The van der Waals surface area contributed by atoms with Gasteiger partial charge >= 0.3 is 5.69 Å². The van der Waals surface area contributed by atoms with E-state index in [4.69, 9.17) is 0 Å². The Bertz CT molecular complexity index is 945.